The van der Waals surface area contributed by atoms with Gasteiger partial charge in [0.2, 0.25) is 0 Å². The van der Waals surface area contributed by atoms with Crippen molar-refractivity contribution in [2.75, 3.05) is 0 Å². The molecule has 0 unspecified atom stereocenters. The molecule has 0 aliphatic heterocycles. The van der Waals surface area contributed by atoms with Crippen LogP contribution in [0.5, 0.6) is 5.75 Å². The van der Waals surface area contributed by atoms with E-state index in [0.29, 0.717) is 13.2 Å². The summed E-state index contributed by atoms with van der Waals surface area (Å²) in [4.78, 5) is 0. The van der Waals surface area contributed by atoms with Crippen molar-refractivity contribution in [3.05, 3.63) is 65.2 Å². The smallest absolute Gasteiger partial charge is 0.124 e. The first-order valence-corrected chi connectivity index (χ1v) is 6.82. The summed E-state index contributed by atoms with van der Waals surface area (Å²) in [5, 5.41) is 0. The summed E-state index contributed by atoms with van der Waals surface area (Å²) in [6.07, 6.45) is 2.21. The van der Waals surface area contributed by atoms with Gasteiger partial charge in [-0.15, -0.1) is 0 Å². The average Bonchev–Trinajstić information content (AvgIpc) is 2.47. The second kappa shape index (κ2) is 6.95. The van der Waals surface area contributed by atoms with Crippen LogP contribution >= 0.6 is 0 Å². The predicted octanol–water partition coefficient (Wildman–Crippen LogP) is 3.68. The third-order valence-electron chi connectivity index (χ3n) is 3.13. The molecule has 0 aliphatic rings. The molecule has 2 aromatic rings. The van der Waals surface area contributed by atoms with Gasteiger partial charge in [0.1, 0.15) is 12.4 Å². The van der Waals surface area contributed by atoms with Crippen molar-refractivity contribution in [1.82, 2.24) is 0 Å². The van der Waals surface area contributed by atoms with Crippen LogP contribution in [0.4, 0.5) is 0 Å². The predicted molar refractivity (Wildman–Crippen MR) is 79.1 cm³/mol. The lowest BCUT2D eigenvalue weighted by Gasteiger charge is -2.12. The molecule has 0 fully saturated rings. The fraction of sp³-hybridized carbons (Fsp3) is 0.294. The second-order valence-corrected chi connectivity index (χ2v) is 4.67. The molecule has 19 heavy (non-hydrogen) atoms. The largest absolute Gasteiger partial charge is 0.489 e. The average molecular weight is 255 g/mol. The van der Waals surface area contributed by atoms with E-state index >= 15 is 0 Å². The number of rotatable bonds is 6. The van der Waals surface area contributed by atoms with Gasteiger partial charge in [-0.3, -0.25) is 0 Å². The Bertz CT molecular complexity index is 508. The first-order valence-electron chi connectivity index (χ1n) is 6.82. The number of nitrogens with two attached hydrogens (primary N) is 1. The summed E-state index contributed by atoms with van der Waals surface area (Å²) < 4.78 is 5.92. The van der Waals surface area contributed by atoms with Crippen molar-refractivity contribution in [3.63, 3.8) is 0 Å². The van der Waals surface area contributed by atoms with E-state index in [4.69, 9.17) is 10.5 Å². The van der Waals surface area contributed by atoms with Gasteiger partial charge in [-0.05, 0) is 23.6 Å². The Morgan fingerprint density at radius 2 is 1.79 bits per heavy atom. The van der Waals surface area contributed by atoms with Crippen molar-refractivity contribution in [2.24, 2.45) is 5.73 Å². The van der Waals surface area contributed by atoms with E-state index in [1.54, 1.807) is 0 Å². The van der Waals surface area contributed by atoms with Crippen LogP contribution < -0.4 is 10.5 Å². The Hall–Kier alpha value is -1.80. The van der Waals surface area contributed by atoms with E-state index in [2.05, 4.69) is 37.3 Å². The molecule has 2 rings (SSSR count). The van der Waals surface area contributed by atoms with Gasteiger partial charge in [0.05, 0.1) is 0 Å². The number of benzene rings is 2. The highest BCUT2D eigenvalue weighted by atomic mass is 16.5. The summed E-state index contributed by atoms with van der Waals surface area (Å²) in [6.45, 7) is 3.28. The van der Waals surface area contributed by atoms with E-state index in [1.165, 1.54) is 11.1 Å². The lowest BCUT2D eigenvalue weighted by molar-refractivity contribution is 0.302. The quantitative estimate of drug-likeness (QED) is 0.854. The van der Waals surface area contributed by atoms with Gasteiger partial charge in [0, 0.05) is 12.1 Å². The zero-order valence-electron chi connectivity index (χ0n) is 11.4. The Morgan fingerprint density at radius 1 is 1.00 bits per heavy atom. The maximum absolute atomic E-state index is 5.92. The van der Waals surface area contributed by atoms with E-state index in [9.17, 15) is 0 Å². The molecule has 0 saturated carbocycles. The molecule has 0 radical (unpaired) electrons. The van der Waals surface area contributed by atoms with Gasteiger partial charge < -0.3 is 10.5 Å². The Kier molecular flexibility index (Phi) is 4.99. The van der Waals surface area contributed by atoms with Gasteiger partial charge in [0.25, 0.3) is 0 Å². The van der Waals surface area contributed by atoms with Gasteiger partial charge >= 0.3 is 0 Å². The van der Waals surface area contributed by atoms with Crippen LogP contribution in [-0.4, -0.2) is 0 Å². The second-order valence-electron chi connectivity index (χ2n) is 4.67. The Morgan fingerprint density at radius 3 is 2.47 bits per heavy atom. The minimum absolute atomic E-state index is 0.510. The number of aryl methyl sites for hydroxylation is 1. The van der Waals surface area contributed by atoms with Crippen LogP contribution in [0.25, 0.3) is 0 Å². The molecule has 2 aromatic carbocycles. The third-order valence-corrected chi connectivity index (χ3v) is 3.13. The first-order chi connectivity index (χ1) is 9.33. The highest BCUT2D eigenvalue weighted by molar-refractivity contribution is 5.37. The van der Waals surface area contributed by atoms with Crippen LogP contribution in [0.1, 0.15) is 30.0 Å². The molecule has 100 valence electrons. The van der Waals surface area contributed by atoms with Crippen molar-refractivity contribution >= 4 is 0 Å². The maximum atomic E-state index is 5.92. The highest BCUT2D eigenvalue weighted by Crippen LogP contribution is 2.22. The van der Waals surface area contributed by atoms with Crippen LogP contribution in [0.15, 0.2) is 48.5 Å². The number of hydrogen-bond acceptors (Lipinski definition) is 2. The van der Waals surface area contributed by atoms with E-state index in [-0.39, 0.29) is 0 Å². The first kappa shape index (κ1) is 13.6. The van der Waals surface area contributed by atoms with Crippen LogP contribution in [0.3, 0.4) is 0 Å². The third kappa shape index (κ3) is 3.83. The summed E-state index contributed by atoms with van der Waals surface area (Å²) in [7, 11) is 0. The highest BCUT2D eigenvalue weighted by Gasteiger charge is 2.04. The minimum Gasteiger partial charge on any atom is -0.489 e. The molecular weight excluding hydrogens is 234 g/mol. The van der Waals surface area contributed by atoms with Crippen molar-refractivity contribution < 1.29 is 4.74 Å². The molecule has 0 amide bonds. The summed E-state index contributed by atoms with van der Waals surface area (Å²) >= 11 is 0. The SMILES string of the molecule is CCCc1ccc(CN)c(OCc2ccccc2)c1. The van der Waals surface area contributed by atoms with E-state index < -0.39 is 0 Å². The molecule has 0 aromatic heterocycles. The zero-order chi connectivity index (χ0) is 13.5. The molecule has 0 heterocycles. The van der Waals surface area contributed by atoms with Gasteiger partial charge in [-0.25, -0.2) is 0 Å². The lowest BCUT2D eigenvalue weighted by Crippen LogP contribution is -2.03. The van der Waals surface area contributed by atoms with E-state index in [1.807, 2.05) is 18.2 Å². The minimum atomic E-state index is 0.510. The molecule has 0 spiro atoms. The normalized spacial score (nSPS) is 10.4. The summed E-state index contributed by atoms with van der Waals surface area (Å²) in [5.41, 5.74) is 9.31. The summed E-state index contributed by atoms with van der Waals surface area (Å²) in [5.74, 6) is 0.914. The van der Waals surface area contributed by atoms with E-state index in [0.717, 1.165) is 24.2 Å². The number of hydrogen-bond donors (Lipinski definition) is 1. The summed E-state index contributed by atoms with van der Waals surface area (Å²) in [6, 6.07) is 16.5. The van der Waals surface area contributed by atoms with Gasteiger partial charge in [-0.2, -0.15) is 0 Å². The van der Waals surface area contributed by atoms with Crippen molar-refractivity contribution in [2.45, 2.75) is 32.9 Å². The van der Waals surface area contributed by atoms with Crippen molar-refractivity contribution in [1.29, 1.82) is 0 Å². The lowest BCUT2D eigenvalue weighted by atomic mass is 10.1. The molecule has 2 N–H and O–H groups in total. The van der Waals surface area contributed by atoms with Crippen LogP contribution in [0, 0.1) is 0 Å². The Labute approximate surface area is 115 Å². The topological polar surface area (TPSA) is 35.2 Å². The molecule has 2 nitrogen and oxygen atoms in total. The molecule has 0 saturated heterocycles. The van der Waals surface area contributed by atoms with Gasteiger partial charge in [0.15, 0.2) is 0 Å². The zero-order valence-corrected chi connectivity index (χ0v) is 11.4. The number of ether oxygens (including phenoxy) is 1. The van der Waals surface area contributed by atoms with Crippen molar-refractivity contribution in [3.8, 4) is 5.75 Å². The van der Waals surface area contributed by atoms with Crippen LogP contribution in [0.2, 0.25) is 0 Å². The fourth-order valence-electron chi connectivity index (χ4n) is 2.08. The standard InChI is InChI=1S/C17H21NO/c1-2-6-14-9-10-16(12-18)17(11-14)19-13-15-7-4-3-5-8-15/h3-5,7-11H,2,6,12-13,18H2,1H3. The Balaban J connectivity index is 2.11. The maximum Gasteiger partial charge on any atom is 0.124 e. The molecule has 0 aliphatic carbocycles. The van der Waals surface area contributed by atoms with Gasteiger partial charge in [-0.1, -0.05) is 55.8 Å². The monoisotopic (exact) mass is 255 g/mol. The fourth-order valence-corrected chi connectivity index (χ4v) is 2.08. The molecular formula is C17H21NO. The van der Waals surface area contributed by atoms with Crippen LogP contribution in [-0.2, 0) is 19.6 Å². The molecule has 0 bridgehead atoms. The molecule has 2 heteroatoms. The molecule has 0 atom stereocenters.